The van der Waals surface area contributed by atoms with Crippen molar-refractivity contribution in [3.63, 3.8) is 0 Å². The lowest BCUT2D eigenvalue weighted by atomic mass is 10.00. The molecule has 0 spiro atoms. The van der Waals surface area contributed by atoms with E-state index in [1.54, 1.807) is 6.07 Å². The number of carbonyl (C=O) groups is 1. The second-order valence-corrected chi connectivity index (χ2v) is 4.25. The predicted octanol–water partition coefficient (Wildman–Crippen LogP) is 2.80. The third-order valence-corrected chi connectivity index (χ3v) is 2.98. The van der Waals surface area contributed by atoms with E-state index in [1.165, 1.54) is 26.4 Å². The van der Waals surface area contributed by atoms with Crippen LogP contribution in [-0.2, 0) is 0 Å². The van der Waals surface area contributed by atoms with Crippen LogP contribution in [0.2, 0.25) is 0 Å². The summed E-state index contributed by atoms with van der Waals surface area (Å²) in [4.78, 5) is 12.3. The largest absolute Gasteiger partial charge is 0.497 e. The van der Waals surface area contributed by atoms with E-state index in [9.17, 15) is 13.6 Å². The summed E-state index contributed by atoms with van der Waals surface area (Å²) in [5.74, 6) is -2.54. The van der Waals surface area contributed by atoms with Crippen molar-refractivity contribution >= 4 is 11.5 Å². The van der Waals surface area contributed by atoms with Crippen molar-refractivity contribution in [3.8, 4) is 11.5 Å². The third kappa shape index (κ3) is 2.79. The van der Waals surface area contributed by atoms with Gasteiger partial charge in [0.1, 0.15) is 23.1 Å². The van der Waals surface area contributed by atoms with Crippen LogP contribution in [0.15, 0.2) is 30.3 Å². The maximum absolute atomic E-state index is 13.9. The summed E-state index contributed by atoms with van der Waals surface area (Å²) in [6, 6.07) is 6.19. The van der Waals surface area contributed by atoms with Gasteiger partial charge in [-0.05, 0) is 18.2 Å². The lowest BCUT2D eigenvalue weighted by molar-refractivity contribution is 0.103. The smallest absolute Gasteiger partial charge is 0.201 e. The molecule has 6 heteroatoms. The van der Waals surface area contributed by atoms with Crippen LogP contribution in [0.1, 0.15) is 15.9 Å². The van der Waals surface area contributed by atoms with Gasteiger partial charge in [0.2, 0.25) is 5.78 Å². The molecular weight excluding hydrogens is 280 g/mol. The van der Waals surface area contributed by atoms with Gasteiger partial charge in [-0.1, -0.05) is 0 Å². The maximum Gasteiger partial charge on any atom is 0.201 e. The van der Waals surface area contributed by atoms with Gasteiger partial charge in [-0.2, -0.15) is 0 Å². The standard InChI is InChI=1S/C15H13F2NO3/c1-20-8-3-4-13(18)10(5-8)15(19)14-11(16)6-9(21-2)7-12(14)17/h3-7H,18H2,1-2H3. The van der Waals surface area contributed by atoms with Gasteiger partial charge in [0.25, 0.3) is 0 Å². The zero-order valence-corrected chi connectivity index (χ0v) is 11.4. The molecule has 0 atom stereocenters. The van der Waals surface area contributed by atoms with E-state index in [2.05, 4.69) is 0 Å². The quantitative estimate of drug-likeness (QED) is 0.695. The summed E-state index contributed by atoms with van der Waals surface area (Å²) in [7, 11) is 2.68. The summed E-state index contributed by atoms with van der Waals surface area (Å²) >= 11 is 0. The minimum absolute atomic E-state index is 0.0137. The highest BCUT2D eigenvalue weighted by molar-refractivity contribution is 6.12. The molecule has 4 nitrogen and oxygen atoms in total. The Morgan fingerprint density at radius 2 is 1.57 bits per heavy atom. The van der Waals surface area contributed by atoms with Crippen molar-refractivity contribution in [2.24, 2.45) is 0 Å². The van der Waals surface area contributed by atoms with Gasteiger partial charge in [-0.15, -0.1) is 0 Å². The first-order valence-corrected chi connectivity index (χ1v) is 5.99. The first-order chi connectivity index (χ1) is 9.97. The molecule has 2 N–H and O–H groups in total. The first kappa shape index (κ1) is 14.8. The monoisotopic (exact) mass is 293 g/mol. The van der Waals surface area contributed by atoms with Crippen molar-refractivity contribution in [1.82, 2.24) is 0 Å². The van der Waals surface area contributed by atoms with Crippen LogP contribution < -0.4 is 15.2 Å². The van der Waals surface area contributed by atoms with E-state index in [4.69, 9.17) is 15.2 Å². The summed E-state index contributed by atoms with van der Waals surface area (Å²) < 4.78 is 37.6. The highest BCUT2D eigenvalue weighted by Gasteiger charge is 2.22. The fourth-order valence-corrected chi connectivity index (χ4v) is 1.88. The fourth-order valence-electron chi connectivity index (χ4n) is 1.88. The van der Waals surface area contributed by atoms with Crippen molar-refractivity contribution < 1.29 is 23.0 Å². The molecule has 0 aromatic heterocycles. The number of ether oxygens (including phenoxy) is 2. The average Bonchev–Trinajstić information content (AvgIpc) is 2.46. The van der Waals surface area contributed by atoms with Crippen LogP contribution in [0.5, 0.6) is 11.5 Å². The number of carbonyl (C=O) groups excluding carboxylic acids is 1. The number of benzene rings is 2. The maximum atomic E-state index is 13.9. The molecule has 0 bridgehead atoms. The summed E-state index contributed by atoms with van der Waals surface area (Å²) in [5, 5.41) is 0. The number of methoxy groups -OCH3 is 2. The van der Waals surface area contributed by atoms with Gasteiger partial charge in [-0.3, -0.25) is 4.79 Å². The Labute approximate surface area is 120 Å². The van der Waals surface area contributed by atoms with Crippen molar-refractivity contribution in [1.29, 1.82) is 0 Å². The lowest BCUT2D eigenvalue weighted by Crippen LogP contribution is -2.10. The molecule has 0 radical (unpaired) electrons. The topological polar surface area (TPSA) is 61.5 Å². The fraction of sp³-hybridized carbons (Fsp3) is 0.133. The number of nitrogen functional groups attached to an aromatic ring is 1. The van der Waals surface area contributed by atoms with E-state index in [1.807, 2.05) is 0 Å². The van der Waals surface area contributed by atoms with Gasteiger partial charge in [-0.25, -0.2) is 8.78 Å². The molecule has 0 saturated heterocycles. The van der Waals surface area contributed by atoms with Crippen LogP contribution in [-0.4, -0.2) is 20.0 Å². The zero-order chi connectivity index (χ0) is 15.6. The molecule has 0 amide bonds. The van der Waals surface area contributed by atoms with E-state index in [0.717, 1.165) is 12.1 Å². The number of halogens is 2. The molecule has 0 saturated carbocycles. The number of ketones is 1. The Morgan fingerprint density at radius 3 is 2.10 bits per heavy atom. The minimum Gasteiger partial charge on any atom is -0.497 e. The number of hydrogen-bond acceptors (Lipinski definition) is 4. The molecule has 2 rings (SSSR count). The van der Waals surface area contributed by atoms with Gasteiger partial charge in [0, 0.05) is 23.4 Å². The molecule has 0 heterocycles. The summed E-state index contributed by atoms with van der Waals surface area (Å²) in [5.41, 5.74) is 5.08. The molecule has 21 heavy (non-hydrogen) atoms. The molecule has 0 aliphatic rings. The third-order valence-electron chi connectivity index (χ3n) is 2.98. The van der Waals surface area contributed by atoms with Gasteiger partial charge < -0.3 is 15.2 Å². The Morgan fingerprint density at radius 1 is 1.00 bits per heavy atom. The second kappa shape index (κ2) is 5.78. The molecular formula is C15H13F2NO3. The van der Waals surface area contributed by atoms with E-state index in [-0.39, 0.29) is 17.0 Å². The highest BCUT2D eigenvalue weighted by atomic mass is 19.1. The molecule has 0 unspecified atom stereocenters. The first-order valence-electron chi connectivity index (χ1n) is 5.99. The van der Waals surface area contributed by atoms with Crippen molar-refractivity contribution in [3.05, 3.63) is 53.1 Å². The van der Waals surface area contributed by atoms with Gasteiger partial charge in [0.15, 0.2) is 0 Å². The van der Waals surface area contributed by atoms with Gasteiger partial charge >= 0.3 is 0 Å². The second-order valence-electron chi connectivity index (χ2n) is 4.25. The average molecular weight is 293 g/mol. The summed E-state index contributed by atoms with van der Waals surface area (Å²) in [6.07, 6.45) is 0. The van der Waals surface area contributed by atoms with Crippen molar-refractivity contribution in [2.45, 2.75) is 0 Å². The van der Waals surface area contributed by atoms with Crippen LogP contribution in [0.3, 0.4) is 0 Å². The van der Waals surface area contributed by atoms with Crippen LogP contribution in [0.4, 0.5) is 14.5 Å². The minimum atomic E-state index is -1.01. The van der Waals surface area contributed by atoms with Gasteiger partial charge in [0.05, 0.1) is 19.8 Å². The molecule has 2 aromatic rings. The molecule has 0 aliphatic carbocycles. The number of nitrogens with two attached hydrogens (primary N) is 1. The Hall–Kier alpha value is -2.63. The highest BCUT2D eigenvalue weighted by Crippen LogP contribution is 2.27. The SMILES string of the molecule is COc1cc(F)c(C(=O)c2cc(OC)ccc2N)c(F)c1. The molecule has 110 valence electrons. The van der Waals surface area contributed by atoms with E-state index >= 15 is 0 Å². The van der Waals surface area contributed by atoms with Crippen LogP contribution in [0.25, 0.3) is 0 Å². The number of anilines is 1. The van der Waals surface area contributed by atoms with E-state index in [0.29, 0.717) is 5.75 Å². The summed E-state index contributed by atoms with van der Waals surface area (Å²) in [6.45, 7) is 0. The lowest BCUT2D eigenvalue weighted by Gasteiger charge is -2.10. The normalized spacial score (nSPS) is 10.3. The molecule has 2 aromatic carbocycles. The van der Waals surface area contributed by atoms with Crippen molar-refractivity contribution in [2.75, 3.05) is 20.0 Å². The molecule has 0 fully saturated rings. The van der Waals surface area contributed by atoms with Crippen LogP contribution in [0, 0.1) is 11.6 Å². The van der Waals surface area contributed by atoms with E-state index < -0.39 is 23.0 Å². The number of hydrogen-bond donors (Lipinski definition) is 1. The number of rotatable bonds is 4. The Kier molecular flexibility index (Phi) is 4.07. The zero-order valence-electron chi connectivity index (χ0n) is 11.4. The molecule has 0 aliphatic heterocycles. The Balaban J connectivity index is 2.55. The van der Waals surface area contributed by atoms with Crippen LogP contribution >= 0.6 is 0 Å². The predicted molar refractivity (Wildman–Crippen MR) is 73.7 cm³/mol. The Bertz CT molecular complexity index is 678.